The highest BCUT2D eigenvalue weighted by Crippen LogP contribution is 1.55. The predicted molar refractivity (Wildman–Crippen MR) is 56.9 cm³/mol. The van der Waals surface area contributed by atoms with E-state index in [1.54, 1.807) is 0 Å². The molecule has 0 aliphatic rings. The second-order valence-corrected chi connectivity index (χ2v) is 1.73. The van der Waals surface area contributed by atoms with Gasteiger partial charge in [-0.25, -0.2) is 0 Å². The molecule has 0 atom stereocenters. The van der Waals surface area contributed by atoms with Crippen molar-refractivity contribution in [3.63, 3.8) is 0 Å². The Hall–Kier alpha value is -3.12. The van der Waals surface area contributed by atoms with E-state index in [4.69, 9.17) is 0 Å². The summed E-state index contributed by atoms with van der Waals surface area (Å²) in [7, 11) is 0. The Morgan fingerprint density at radius 1 is 0.333 bits per heavy atom. The standard InChI is InChI=1S/C15H4/c1-3-5-7-9-11-13-15-14-12-10-8-6-4-2/h1-2H2. The third kappa shape index (κ3) is 10.9. The molecule has 64 valence electrons. The van der Waals surface area contributed by atoms with Crippen LogP contribution >= 0.6 is 0 Å². The quantitative estimate of drug-likeness (QED) is 0.508. The average Bonchev–Trinajstić information content (AvgIpc) is 2.26. The summed E-state index contributed by atoms with van der Waals surface area (Å²) >= 11 is 0. The first kappa shape index (κ1) is 11.9. The molecule has 0 rings (SSSR count). The second kappa shape index (κ2) is 10.9. The van der Waals surface area contributed by atoms with Crippen LogP contribution in [0.3, 0.4) is 0 Å². The van der Waals surface area contributed by atoms with Crippen LogP contribution in [0.4, 0.5) is 0 Å². The van der Waals surface area contributed by atoms with Crippen LogP contribution in [-0.2, 0) is 0 Å². The van der Waals surface area contributed by atoms with Gasteiger partial charge in [0.1, 0.15) is 0 Å². The van der Waals surface area contributed by atoms with E-state index in [0.717, 1.165) is 0 Å². The summed E-state index contributed by atoms with van der Waals surface area (Å²) in [4.78, 5) is 0. The van der Waals surface area contributed by atoms with E-state index in [0.29, 0.717) is 0 Å². The summed E-state index contributed by atoms with van der Waals surface area (Å²) in [6.45, 7) is 6.58. The topological polar surface area (TPSA) is 0 Å². The lowest BCUT2D eigenvalue weighted by atomic mass is 10.6. The lowest BCUT2D eigenvalue weighted by Crippen LogP contribution is -1.23. The summed E-state index contributed by atoms with van der Waals surface area (Å²) in [5.41, 5.74) is 31.9. The summed E-state index contributed by atoms with van der Waals surface area (Å²) in [6.07, 6.45) is 0. The molecule has 0 aliphatic heterocycles. The number of hydrogen-bond donors (Lipinski definition) is 0. The lowest BCUT2D eigenvalue weighted by molar-refractivity contribution is 2.13. The predicted octanol–water partition coefficient (Wildman–Crippen LogP) is 2.82. The van der Waals surface area contributed by atoms with Gasteiger partial charge in [-0.2, -0.15) is 0 Å². The van der Waals surface area contributed by atoms with Crippen molar-refractivity contribution in [2.45, 2.75) is 0 Å². The first-order valence-electron chi connectivity index (χ1n) is 3.71. The molecule has 15 heavy (non-hydrogen) atoms. The van der Waals surface area contributed by atoms with Gasteiger partial charge in [0.05, 0.1) is 0 Å². The first-order chi connectivity index (χ1) is 7.41. The molecule has 0 heterocycles. The van der Waals surface area contributed by atoms with E-state index < -0.39 is 0 Å². The molecule has 0 N–H and O–H groups in total. The fourth-order valence-electron chi connectivity index (χ4n) is 0.370. The molecule has 0 nitrogen and oxygen atoms in total. The maximum Gasteiger partial charge on any atom is -0.0000000000185 e. The van der Waals surface area contributed by atoms with Gasteiger partial charge in [-0.3, -0.25) is 0 Å². The van der Waals surface area contributed by atoms with Crippen molar-refractivity contribution >= 4 is 0 Å². The van der Waals surface area contributed by atoms with Crippen molar-refractivity contribution in [1.82, 2.24) is 0 Å². The highest BCUT2D eigenvalue weighted by Gasteiger charge is 1.39. The number of hydrogen-bond acceptors (Lipinski definition) is 0. The van der Waals surface area contributed by atoms with E-state index >= 15 is 0 Å². The molecule has 0 unspecified atom stereocenters. The maximum atomic E-state index is 3.29. The molecule has 0 amide bonds. The molecule has 0 heteroatoms. The Balaban J connectivity index is 5.62. The van der Waals surface area contributed by atoms with E-state index in [1.165, 1.54) is 0 Å². The van der Waals surface area contributed by atoms with Crippen molar-refractivity contribution in [2.75, 3.05) is 0 Å². The highest BCUT2D eigenvalue weighted by molar-refractivity contribution is 4.91. The van der Waals surface area contributed by atoms with Crippen molar-refractivity contribution < 1.29 is 0 Å². The molecule has 0 aromatic rings. The minimum absolute atomic E-state index is 2.37. The molecule has 0 saturated heterocycles. The van der Waals surface area contributed by atoms with Crippen molar-refractivity contribution in [2.24, 2.45) is 0 Å². The maximum absolute atomic E-state index is 3.29. The molecule has 0 radical (unpaired) electrons. The van der Waals surface area contributed by atoms with E-state index in [1.807, 2.05) is 0 Å². The van der Waals surface area contributed by atoms with Crippen molar-refractivity contribution in [3.05, 3.63) is 87.7 Å². The van der Waals surface area contributed by atoms with E-state index in [-0.39, 0.29) is 0 Å². The largest absolute Gasteiger partial charge is 0.0687 e. The summed E-state index contributed by atoms with van der Waals surface area (Å²) in [5.74, 6) is 0. The Labute approximate surface area is 88.2 Å². The van der Waals surface area contributed by atoms with Crippen molar-refractivity contribution in [1.29, 1.82) is 0 Å². The summed E-state index contributed by atoms with van der Waals surface area (Å²) in [5, 5.41) is 0. The van der Waals surface area contributed by atoms with Crippen LogP contribution in [0.1, 0.15) is 0 Å². The van der Waals surface area contributed by atoms with Crippen LogP contribution in [0.5, 0.6) is 0 Å². The van der Waals surface area contributed by atoms with Gasteiger partial charge in [0, 0.05) is 0 Å². The SMILES string of the molecule is C=C=C=C=C=C=C=C=C=C=C=C=C=C=C. The van der Waals surface area contributed by atoms with Gasteiger partial charge in [0.2, 0.25) is 0 Å². The van der Waals surface area contributed by atoms with Crippen molar-refractivity contribution in [3.8, 4) is 0 Å². The van der Waals surface area contributed by atoms with Crippen LogP contribution < -0.4 is 0 Å². The number of rotatable bonds is 0. The smallest absolute Gasteiger partial charge is 0.0000000000185 e. The molecule has 0 aromatic carbocycles. The molecule has 0 aromatic heterocycles. The molecule has 0 fully saturated rings. The van der Waals surface area contributed by atoms with Gasteiger partial charge in [0.15, 0.2) is 0 Å². The zero-order valence-corrected chi connectivity index (χ0v) is 7.91. The van der Waals surface area contributed by atoms with Crippen LogP contribution in [0.2, 0.25) is 0 Å². The molecular formula is C15H4. The molecule has 0 aliphatic carbocycles. The third-order valence-electron chi connectivity index (χ3n) is 0.802. The van der Waals surface area contributed by atoms with E-state index in [2.05, 4.69) is 87.7 Å². The molecule has 0 bridgehead atoms. The Morgan fingerprint density at radius 2 is 0.533 bits per heavy atom. The van der Waals surface area contributed by atoms with Gasteiger partial charge >= 0.3 is 0 Å². The fourth-order valence-corrected chi connectivity index (χ4v) is 0.370. The van der Waals surface area contributed by atoms with Gasteiger partial charge in [-0.05, 0) is 76.2 Å². The lowest BCUT2D eigenvalue weighted by Gasteiger charge is -1.39. The minimum Gasteiger partial charge on any atom is -0.0687 e. The van der Waals surface area contributed by atoms with Gasteiger partial charge < -0.3 is 0 Å². The molecule has 0 saturated carbocycles. The summed E-state index contributed by atoms with van der Waals surface area (Å²) in [6, 6.07) is 0. The van der Waals surface area contributed by atoms with Crippen LogP contribution in [0.15, 0.2) is 87.7 Å². The van der Waals surface area contributed by atoms with Gasteiger partial charge in [-0.1, -0.05) is 11.5 Å². The molecular weight excluding hydrogens is 180 g/mol. The fraction of sp³-hybridized carbons (Fsp3) is 0. The monoisotopic (exact) mass is 184 g/mol. The third-order valence-corrected chi connectivity index (χ3v) is 0.802. The zero-order chi connectivity index (χ0) is 11.2. The minimum atomic E-state index is 2.37. The Kier molecular flexibility index (Phi) is 8.62. The summed E-state index contributed by atoms with van der Waals surface area (Å²) < 4.78 is 0. The van der Waals surface area contributed by atoms with Gasteiger partial charge in [0.25, 0.3) is 0 Å². The molecule has 0 spiro atoms. The normalized spacial score (nSPS) is 3.73. The zero-order valence-electron chi connectivity index (χ0n) is 7.91. The Morgan fingerprint density at radius 3 is 0.733 bits per heavy atom. The highest BCUT2D eigenvalue weighted by atomic mass is 13.4. The Bertz CT molecular complexity index is 632. The van der Waals surface area contributed by atoms with E-state index in [9.17, 15) is 0 Å². The van der Waals surface area contributed by atoms with Crippen LogP contribution in [0, 0.1) is 0 Å². The average molecular weight is 184 g/mol. The van der Waals surface area contributed by atoms with Crippen LogP contribution in [0.25, 0.3) is 0 Å². The van der Waals surface area contributed by atoms with Gasteiger partial charge in [-0.15, -0.1) is 0 Å². The second-order valence-electron chi connectivity index (χ2n) is 1.73. The van der Waals surface area contributed by atoms with Crippen LogP contribution in [-0.4, -0.2) is 0 Å². The first-order valence-corrected chi connectivity index (χ1v) is 3.71.